The van der Waals surface area contributed by atoms with Crippen molar-refractivity contribution in [2.24, 2.45) is 0 Å². The number of thiazole rings is 1. The Labute approximate surface area is 168 Å². The molecule has 0 aliphatic rings. The number of carbonyl (C=O) groups is 2. The molecule has 1 aromatic heterocycles. The van der Waals surface area contributed by atoms with Crippen LogP contribution in [0.5, 0.6) is 0 Å². The average Bonchev–Trinajstić information content (AvgIpc) is 3.14. The minimum absolute atomic E-state index is 0.0873. The Morgan fingerprint density at radius 2 is 1.89 bits per heavy atom. The lowest BCUT2D eigenvalue weighted by Crippen LogP contribution is -2.32. The van der Waals surface area contributed by atoms with Crippen molar-refractivity contribution in [1.82, 2.24) is 10.3 Å². The highest BCUT2D eigenvalue weighted by molar-refractivity contribution is 7.19. The van der Waals surface area contributed by atoms with Gasteiger partial charge in [0.15, 0.2) is 6.61 Å². The van der Waals surface area contributed by atoms with Gasteiger partial charge in [-0.25, -0.2) is 9.78 Å². The fourth-order valence-electron chi connectivity index (χ4n) is 2.82. The van der Waals surface area contributed by atoms with Crippen LogP contribution in [-0.4, -0.2) is 23.5 Å². The van der Waals surface area contributed by atoms with E-state index in [4.69, 9.17) is 4.74 Å². The molecular weight excluding hydrogens is 372 g/mol. The predicted octanol–water partition coefficient (Wildman–Crippen LogP) is 4.51. The first-order valence-electron chi connectivity index (χ1n) is 9.20. The van der Waals surface area contributed by atoms with Crippen LogP contribution in [0.4, 0.5) is 0 Å². The first-order valence-corrected chi connectivity index (χ1v) is 10.0. The van der Waals surface area contributed by atoms with Crippen molar-refractivity contribution in [3.8, 4) is 0 Å². The Hall–Kier alpha value is -2.99. The maximum absolute atomic E-state index is 12.2. The number of para-hydroxylation sites is 1. The smallest absolute Gasteiger partial charge is 0.331 e. The lowest BCUT2D eigenvalue weighted by atomic mass is 10.0. The summed E-state index contributed by atoms with van der Waals surface area (Å²) >= 11 is 1.49. The largest absolute Gasteiger partial charge is 0.452 e. The van der Waals surface area contributed by atoms with Crippen molar-refractivity contribution in [2.45, 2.75) is 25.8 Å². The normalized spacial score (nSPS) is 12.2. The zero-order valence-electron chi connectivity index (χ0n) is 15.6. The Morgan fingerprint density at radius 1 is 1.14 bits per heavy atom. The molecule has 0 saturated heterocycles. The molecule has 1 atom stereocenters. The van der Waals surface area contributed by atoms with Gasteiger partial charge in [-0.15, -0.1) is 11.3 Å². The van der Waals surface area contributed by atoms with Crippen LogP contribution in [-0.2, 0) is 14.3 Å². The third-order valence-electron chi connectivity index (χ3n) is 4.13. The molecule has 0 spiro atoms. The Bertz CT molecular complexity index is 933. The van der Waals surface area contributed by atoms with Crippen molar-refractivity contribution < 1.29 is 14.3 Å². The average molecular weight is 394 g/mol. The highest BCUT2D eigenvalue weighted by Crippen LogP contribution is 2.22. The van der Waals surface area contributed by atoms with Gasteiger partial charge in [0, 0.05) is 6.08 Å². The van der Waals surface area contributed by atoms with Gasteiger partial charge in [-0.05, 0) is 30.2 Å². The summed E-state index contributed by atoms with van der Waals surface area (Å²) in [5, 5.41) is 3.65. The van der Waals surface area contributed by atoms with Gasteiger partial charge >= 0.3 is 5.97 Å². The second-order valence-corrected chi connectivity index (χ2v) is 7.34. The molecule has 3 rings (SSSR count). The second-order valence-electron chi connectivity index (χ2n) is 6.28. The van der Waals surface area contributed by atoms with Crippen LogP contribution in [0.15, 0.2) is 60.7 Å². The van der Waals surface area contributed by atoms with Crippen LogP contribution in [0.1, 0.15) is 36.4 Å². The van der Waals surface area contributed by atoms with Crippen molar-refractivity contribution in [3.05, 3.63) is 71.2 Å². The number of fused-ring (bicyclic) bond motifs is 1. The summed E-state index contributed by atoms with van der Waals surface area (Å²) in [6.45, 7) is 1.75. The first-order chi connectivity index (χ1) is 13.7. The second kappa shape index (κ2) is 9.80. The molecule has 0 fully saturated rings. The third kappa shape index (κ3) is 5.50. The fraction of sp³-hybridized carbons (Fsp3) is 0.227. The number of carbonyl (C=O) groups excluding carboxylic acids is 2. The number of ether oxygens (including phenoxy) is 1. The highest BCUT2D eigenvalue weighted by Gasteiger charge is 2.14. The molecule has 1 unspecified atom stereocenters. The molecule has 1 heterocycles. The summed E-state index contributed by atoms with van der Waals surface area (Å²) < 4.78 is 6.11. The third-order valence-corrected chi connectivity index (χ3v) is 5.13. The first kappa shape index (κ1) is 19.8. The maximum Gasteiger partial charge on any atom is 0.331 e. The van der Waals surface area contributed by atoms with E-state index in [0.29, 0.717) is 0 Å². The number of hydrogen-bond acceptors (Lipinski definition) is 5. The quantitative estimate of drug-likeness (QED) is 0.451. The molecule has 5 nitrogen and oxygen atoms in total. The van der Waals surface area contributed by atoms with E-state index in [1.807, 2.05) is 54.6 Å². The SMILES string of the molecule is CCCC(NC(=O)COC(=O)C=Cc1nc2ccccc2s1)c1ccccc1. The minimum atomic E-state index is -0.568. The van der Waals surface area contributed by atoms with E-state index in [0.717, 1.165) is 33.6 Å². The van der Waals surface area contributed by atoms with Crippen LogP contribution in [0.2, 0.25) is 0 Å². The standard InChI is InChI=1S/C22H22N2O3S/c1-2-8-17(16-9-4-3-5-10-16)23-20(25)15-27-22(26)14-13-21-24-18-11-6-7-12-19(18)28-21/h3-7,9-14,17H,2,8,15H2,1H3,(H,23,25). The van der Waals surface area contributed by atoms with E-state index in [1.165, 1.54) is 17.4 Å². The molecule has 28 heavy (non-hydrogen) atoms. The van der Waals surface area contributed by atoms with Gasteiger partial charge in [0.05, 0.1) is 16.3 Å². The van der Waals surface area contributed by atoms with Gasteiger partial charge in [0.2, 0.25) is 0 Å². The lowest BCUT2D eigenvalue weighted by Gasteiger charge is -2.18. The zero-order chi connectivity index (χ0) is 19.8. The van der Waals surface area contributed by atoms with Crippen LogP contribution in [0, 0.1) is 0 Å². The lowest BCUT2D eigenvalue weighted by molar-refractivity contribution is -0.144. The maximum atomic E-state index is 12.2. The van der Waals surface area contributed by atoms with Gasteiger partial charge in [0.25, 0.3) is 5.91 Å². The Morgan fingerprint density at radius 3 is 2.64 bits per heavy atom. The monoisotopic (exact) mass is 394 g/mol. The molecule has 2 aromatic carbocycles. The summed E-state index contributed by atoms with van der Waals surface area (Å²) in [7, 11) is 0. The molecular formula is C22H22N2O3S. The van der Waals surface area contributed by atoms with E-state index in [2.05, 4.69) is 17.2 Å². The number of esters is 1. The minimum Gasteiger partial charge on any atom is -0.452 e. The topological polar surface area (TPSA) is 68.3 Å². The van der Waals surface area contributed by atoms with Crippen molar-refractivity contribution >= 4 is 39.5 Å². The molecule has 0 saturated carbocycles. The van der Waals surface area contributed by atoms with E-state index < -0.39 is 5.97 Å². The number of aromatic nitrogens is 1. The number of amides is 1. The molecule has 144 valence electrons. The van der Waals surface area contributed by atoms with E-state index >= 15 is 0 Å². The van der Waals surface area contributed by atoms with E-state index in [-0.39, 0.29) is 18.6 Å². The summed E-state index contributed by atoms with van der Waals surface area (Å²) in [5.74, 6) is -0.884. The number of nitrogens with zero attached hydrogens (tertiary/aromatic N) is 1. The molecule has 0 radical (unpaired) electrons. The molecule has 1 N–H and O–H groups in total. The predicted molar refractivity (Wildman–Crippen MR) is 112 cm³/mol. The molecule has 0 bridgehead atoms. The van der Waals surface area contributed by atoms with E-state index in [9.17, 15) is 9.59 Å². The molecule has 1 amide bonds. The van der Waals surface area contributed by atoms with Crippen molar-refractivity contribution in [2.75, 3.05) is 6.61 Å². The fourth-order valence-corrected chi connectivity index (χ4v) is 3.69. The molecule has 0 aliphatic heterocycles. The van der Waals surface area contributed by atoms with Crippen LogP contribution >= 0.6 is 11.3 Å². The zero-order valence-corrected chi connectivity index (χ0v) is 16.4. The number of rotatable bonds is 8. The highest BCUT2D eigenvalue weighted by atomic mass is 32.1. The van der Waals surface area contributed by atoms with Crippen molar-refractivity contribution in [3.63, 3.8) is 0 Å². The van der Waals surface area contributed by atoms with Gasteiger partial charge in [0.1, 0.15) is 5.01 Å². The summed E-state index contributed by atoms with van der Waals surface area (Å²) in [6, 6.07) is 17.5. The Kier molecular flexibility index (Phi) is 6.92. The number of nitrogens with one attached hydrogen (secondary N) is 1. The van der Waals surface area contributed by atoms with Crippen LogP contribution in [0.3, 0.4) is 0 Å². The van der Waals surface area contributed by atoms with Gasteiger partial charge in [-0.2, -0.15) is 0 Å². The summed E-state index contributed by atoms with van der Waals surface area (Å²) in [6.07, 6.45) is 4.66. The van der Waals surface area contributed by atoms with Gasteiger partial charge < -0.3 is 10.1 Å². The van der Waals surface area contributed by atoms with Crippen LogP contribution in [0.25, 0.3) is 16.3 Å². The summed E-state index contributed by atoms with van der Waals surface area (Å²) in [4.78, 5) is 28.5. The summed E-state index contributed by atoms with van der Waals surface area (Å²) in [5.41, 5.74) is 1.93. The number of hydrogen-bond donors (Lipinski definition) is 1. The molecule has 0 aliphatic carbocycles. The van der Waals surface area contributed by atoms with Gasteiger partial charge in [-0.1, -0.05) is 55.8 Å². The number of benzene rings is 2. The molecule has 6 heteroatoms. The van der Waals surface area contributed by atoms with Gasteiger partial charge in [-0.3, -0.25) is 4.79 Å². The molecule has 3 aromatic rings. The van der Waals surface area contributed by atoms with Crippen LogP contribution < -0.4 is 5.32 Å². The van der Waals surface area contributed by atoms with Crippen molar-refractivity contribution in [1.29, 1.82) is 0 Å². The van der Waals surface area contributed by atoms with E-state index in [1.54, 1.807) is 6.08 Å². The Balaban J connectivity index is 1.51.